The minimum absolute atomic E-state index is 0.415. The first kappa shape index (κ1) is 8.62. The lowest BCUT2D eigenvalue weighted by Gasteiger charge is -2.23. The summed E-state index contributed by atoms with van der Waals surface area (Å²) < 4.78 is 4.99. The molecule has 1 atom stereocenters. The van der Waals surface area contributed by atoms with Crippen LogP contribution in [0.2, 0.25) is 0 Å². The predicted molar refractivity (Wildman–Crippen MR) is 53.9 cm³/mol. The molecule has 1 heterocycles. The highest BCUT2D eigenvalue weighted by molar-refractivity contribution is 5.88. The third-order valence-corrected chi connectivity index (χ3v) is 2.07. The van der Waals surface area contributed by atoms with Gasteiger partial charge in [0.1, 0.15) is 6.10 Å². The highest BCUT2D eigenvalue weighted by Crippen LogP contribution is 2.32. The largest absolute Gasteiger partial charge is 0.437 e. The van der Waals surface area contributed by atoms with E-state index in [1.54, 1.807) is 24.3 Å². The van der Waals surface area contributed by atoms with Crippen molar-refractivity contribution in [2.24, 2.45) is 0 Å². The average molecular weight is 190 g/mol. The fourth-order valence-electron chi connectivity index (χ4n) is 1.42. The lowest BCUT2D eigenvalue weighted by atomic mass is 10.0. The number of rotatable bonds is 1. The van der Waals surface area contributed by atoms with Gasteiger partial charge in [0, 0.05) is 11.3 Å². The van der Waals surface area contributed by atoms with Gasteiger partial charge in [-0.25, -0.2) is 4.79 Å². The monoisotopic (exact) mass is 190 g/mol. The van der Waals surface area contributed by atoms with Gasteiger partial charge in [-0.3, -0.25) is 5.32 Å². The Labute approximate surface area is 81.4 Å². The van der Waals surface area contributed by atoms with E-state index < -0.39 is 12.2 Å². The van der Waals surface area contributed by atoms with Gasteiger partial charge in [-0.1, -0.05) is 6.58 Å². The Bertz CT molecular complexity index is 401. The molecule has 3 N–H and O–H groups in total. The summed E-state index contributed by atoms with van der Waals surface area (Å²) in [5, 5.41) is 2.59. The van der Waals surface area contributed by atoms with Crippen molar-refractivity contribution in [2.75, 3.05) is 11.1 Å². The number of ether oxygens (including phenoxy) is 1. The van der Waals surface area contributed by atoms with Gasteiger partial charge in [0.15, 0.2) is 0 Å². The van der Waals surface area contributed by atoms with Gasteiger partial charge in [-0.05, 0) is 24.3 Å². The molecule has 1 aliphatic heterocycles. The summed E-state index contributed by atoms with van der Waals surface area (Å²) in [4.78, 5) is 11.1. The molecule has 1 amide bonds. The van der Waals surface area contributed by atoms with Crippen LogP contribution in [-0.4, -0.2) is 6.09 Å². The van der Waals surface area contributed by atoms with Gasteiger partial charge in [-0.15, -0.1) is 0 Å². The van der Waals surface area contributed by atoms with Crippen molar-refractivity contribution in [1.82, 2.24) is 0 Å². The highest BCUT2D eigenvalue weighted by atomic mass is 16.6. The molecule has 0 bridgehead atoms. The van der Waals surface area contributed by atoms with E-state index in [1.165, 1.54) is 0 Å². The van der Waals surface area contributed by atoms with Crippen molar-refractivity contribution < 1.29 is 9.53 Å². The number of hydrogen-bond acceptors (Lipinski definition) is 3. The van der Waals surface area contributed by atoms with Crippen molar-refractivity contribution in [2.45, 2.75) is 6.10 Å². The van der Waals surface area contributed by atoms with Crippen LogP contribution in [-0.2, 0) is 4.74 Å². The molecule has 4 nitrogen and oxygen atoms in total. The maximum absolute atomic E-state index is 11.1. The molecular formula is C10H10N2O2. The molecular weight excluding hydrogens is 180 g/mol. The van der Waals surface area contributed by atoms with Crippen LogP contribution in [0.3, 0.4) is 0 Å². The van der Waals surface area contributed by atoms with Gasteiger partial charge >= 0.3 is 6.09 Å². The Balaban J connectivity index is 2.51. The lowest BCUT2D eigenvalue weighted by Crippen LogP contribution is -2.23. The molecule has 14 heavy (non-hydrogen) atoms. The molecule has 0 saturated heterocycles. The van der Waals surface area contributed by atoms with Crippen LogP contribution in [0.25, 0.3) is 0 Å². The zero-order chi connectivity index (χ0) is 10.1. The van der Waals surface area contributed by atoms with E-state index in [4.69, 9.17) is 10.5 Å². The van der Waals surface area contributed by atoms with Crippen LogP contribution in [0.15, 0.2) is 30.9 Å². The molecule has 1 aromatic rings. The first-order valence-electron chi connectivity index (χ1n) is 4.20. The fourth-order valence-corrected chi connectivity index (χ4v) is 1.42. The number of carbonyl (C=O) groups is 1. The topological polar surface area (TPSA) is 64.3 Å². The number of nitrogens with two attached hydrogens (primary N) is 1. The summed E-state index contributed by atoms with van der Waals surface area (Å²) in [6.07, 6.45) is 0.686. The van der Waals surface area contributed by atoms with Crippen molar-refractivity contribution in [3.63, 3.8) is 0 Å². The fraction of sp³-hybridized carbons (Fsp3) is 0.100. The SMILES string of the molecule is C=CC1OC(=O)Nc2ccc(N)cc21. The molecule has 1 aliphatic rings. The highest BCUT2D eigenvalue weighted by Gasteiger charge is 2.23. The quantitative estimate of drug-likeness (QED) is 0.526. The molecule has 0 saturated carbocycles. The number of benzene rings is 1. The van der Waals surface area contributed by atoms with Crippen LogP contribution in [0.1, 0.15) is 11.7 Å². The first-order chi connectivity index (χ1) is 6.70. The van der Waals surface area contributed by atoms with Gasteiger partial charge in [0.2, 0.25) is 0 Å². The van der Waals surface area contributed by atoms with Crippen molar-refractivity contribution in [3.8, 4) is 0 Å². The number of nitrogen functional groups attached to an aromatic ring is 1. The normalized spacial score (nSPS) is 19.1. The smallest absolute Gasteiger partial charge is 0.412 e. The average Bonchev–Trinajstić information content (AvgIpc) is 2.17. The predicted octanol–water partition coefficient (Wildman–Crippen LogP) is 2.06. The van der Waals surface area contributed by atoms with Crippen LogP contribution in [0.4, 0.5) is 16.2 Å². The molecule has 0 fully saturated rings. The van der Waals surface area contributed by atoms with E-state index in [0.717, 1.165) is 11.3 Å². The van der Waals surface area contributed by atoms with Crippen molar-refractivity contribution in [3.05, 3.63) is 36.4 Å². The molecule has 1 aromatic carbocycles. The van der Waals surface area contributed by atoms with Crippen LogP contribution in [0, 0.1) is 0 Å². The van der Waals surface area contributed by atoms with Gasteiger partial charge < -0.3 is 10.5 Å². The second-order valence-electron chi connectivity index (χ2n) is 3.03. The summed E-state index contributed by atoms with van der Waals surface area (Å²) >= 11 is 0. The summed E-state index contributed by atoms with van der Waals surface area (Å²) in [7, 11) is 0. The first-order valence-corrected chi connectivity index (χ1v) is 4.20. The van der Waals surface area contributed by atoms with Gasteiger partial charge in [0.25, 0.3) is 0 Å². The Hall–Kier alpha value is -1.97. The second kappa shape index (κ2) is 3.06. The Morgan fingerprint density at radius 3 is 3.07 bits per heavy atom. The van der Waals surface area contributed by atoms with E-state index in [1.807, 2.05) is 0 Å². The third-order valence-electron chi connectivity index (χ3n) is 2.07. The van der Waals surface area contributed by atoms with Crippen molar-refractivity contribution >= 4 is 17.5 Å². The Morgan fingerprint density at radius 1 is 1.57 bits per heavy atom. The van der Waals surface area contributed by atoms with Gasteiger partial charge in [-0.2, -0.15) is 0 Å². The summed E-state index contributed by atoms with van der Waals surface area (Å²) in [6.45, 7) is 3.60. The lowest BCUT2D eigenvalue weighted by molar-refractivity contribution is 0.130. The minimum atomic E-state index is -0.466. The van der Waals surface area contributed by atoms with Gasteiger partial charge in [0.05, 0.1) is 5.69 Å². The Kier molecular flexibility index (Phi) is 1.89. The summed E-state index contributed by atoms with van der Waals surface area (Å²) in [6, 6.07) is 5.24. The Morgan fingerprint density at radius 2 is 2.36 bits per heavy atom. The maximum Gasteiger partial charge on any atom is 0.412 e. The van der Waals surface area contributed by atoms with E-state index >= 15 is 0 Å². The molecule has 72 valence electrons. The maximum atomic E-state index is 11.1. The zero-order valence-electron chi connectivity index (χ0n) is 7.49. The number of hydrogen-bond donors (Lipinski definition) is 2. The standard InChI is InChI=1S/C10H10N2O2/c1-2-9-7-5-6(11)3-4-8(7)12-10(13)14-9/h2-5,9H,1,11H2,(H,12,13). The zero-order valence-corrected chi connectivity index (χ0v) is 7.49. The van der Waals surface area contributed by atoms with Crippen LogP contribution < -0.4 is 11.1 Å². The van der Waals surface area contributed by atoms with E-state index in [2.05, 4.69) is 11.9 Å². The minimum Gasteiger partial charge on any atom is -0.437 e. The van der Waals surface area contributed by atoms with Crippen LogP contribution >= 0.6 is 0 Å². The van der Waals surface area contributed by atoms with Crippen molar-refractivity contribution in [1.29, 1.82) is 0 Å². The number of carbonyl (C=O) groups excluding carboxylic acids is 1. The summed E-state index contributed by atoms with van der Waals surface area (Å²) in [5.74, 6) is 0. The third kappa shape index (κ3) is 1.31. The molecule has 4 heteroatoms. The second-order valence-corrected chi connectivity index (χ2v) is 3.03. The van der Waals surface area contributed by atoms with Crippen LogP contribution in [0.5, 0.6) is 0 Å². The molecule has 0 aliphatic carbocycles. The molecule has 1 unspecified atom stereocenters. The molecule has 0 radical (unpaired) electrons. The van der Waals surface area contributed by atoms with E-state index in [0.29, 0.717) is 5.69 Å². The van der Waals surface area contributed by atoms with E-state index in [-0.39, 0.29) is 0 Å². The number of amides is 1. The number of anilines is 2. The molecule has 0 aromatic heterocycles. The molecule has 0 spiro atoms. The summed E-state index contributed by atoms with van der Waals surface area (Å²) in [5.41, 5.74) is 7.82. The van der Waals surface area contributed by atoms with E-state index in [9.17, 15) is 4.79 Å². The number of fused-ring (bicyclic) bond motifs is 1. The number of nitrogens with one attached hydrogen (secondary N) is 1. The molecule has 2 rings (SSSR count). The number of cyclic esters (lactones) is 1.